The molecule has 2 heterocycles. The number of nitrogens with one attached hydrogen (secondary N) is 1. The van der Waals surface area contributed by atoms with Gasteiger partial charge >= 0.3 is 6.03 Å². The minimum atomic E-state index is -0.524. The molecule has 2 aromatic carbocycles. The van der Waals surface area contributed by atoms with Gasteiger partial charge in [0.2, 0.25) is 5.82 Å². The van der Waals surface area contributed by atoms with E-state index in [-0.39, 0.29) is 11.9 Å². The fourth-order valence-electron chi connectivity index (χ4n) is 4.14. The van der Waals surface area contributed by atoms with E-state index in [0.29, 0.717) is 35.5 Å². The molecule has 1 N–H and O–H groups in total. The number of hydrogen-bond donors (Lipinski definition) is 1. The summed E-state index contributed by atoms with van der Waals surface area (Å²) in [6, 6.07) is 12.3. The molecule has 2 amide bonds. The largest absolute Gasteiger partial charge is 0.497 e. The minimum absolute atomic E-state index is 0.188. The summed E-state index contributed by atoms with van der Waals surface area (Å²) in [7, 11) is 4.76. The standard InChI is InChI=1S/C26H30N4O5/c1-15(2)14-30-16(3)22(25-28-24(29-35-25)18-8-7-9-19(12-18)32-4)23(27-26(30)31)17-10-11-20(33-5)21(13-17)34-6/h7-13,15,23H,14H2,1-6H3,(H,27,31). The predicted molar refractivity (Wildman–Crippen MR) is 131 cm³/mol. The number of allylic oxidation sites excluding steroid dienone is 1. The molecule has 1 aromatic heterocycles. The Balaban J connectivity index is 1.83. The first-order chi connectivity index (χ1) is 16.9. The van der Waals surface area contributed by atoms with Gasteiger partial charge in [-0.2, -0.15) is 4.98 Å². The predicted octanol–water partition coefficient (Wildman–Crippen LogP) is 4.92. The number of rotatable bonds is 8. The Hall–Kier alpha value is -4.01. The Morgan fingerprint density at radius 2 is 1.83 bits per heavy atom. The highest BCUT2D eigenvalue weighted by atomic mass is 16.5. The Morgan fingerprint density at radius 3 is 2.51 bits per heavy atom. The molecule has 0 saturated carbocycles. The van der Waals surface area contributed by atoms with Crippen molar-refractivity contribution in [1.82, 2.24) is 20.4 Å². The van der Waals surface area contributed by atoms with Gasteiger partial charge in [0.05, 0.1) is 32.9 Å². The van der Waals surface area contributed by atoms with Gasteiger partial charge in [0, 0.05) is 17.8 Å². The summed E-state index contributed by atoms with van der Waals surface area (Å²) >= 11 is 0. The molecule has 9 nitrogen and oxygen atoms in total. The van der Waals surface area contributed by atoms with E-state index in [9.17, 15) is 4.79 Å². The molecule has 0 bridgehead atoms. The molecule has 9 heteroatoms. The van der Waals surface area contributed by atoms with Crippen molar-refractivity contribution in [2.45, 2.75) is 26.8 Å². The van der Waals surface area contributed by atoms with Crippen LogP contribution in [0.1, 0.15) is 38.3 Å². The number of carbonyl (C=O) groups is 1. The van der Waals surface area contributed by atoms with Gasteiger partial charge in [-0.3, -0.25) is 4.90 Å². The molecule has 0 saturated heterocycles. The second-order valence-corrected chi connectivity index (χ2v) is 8.66. The maximum atomic E-state index is 13.1. The number of urea groups is 1. The molecular weight excluding hydrogens is 448 g/mol. The lowest BCUT2D eigenvalue weighted by atomic mass is 9.94. The van der Waals surface area contributed by atoms with Gasteiger partial charge in [0.15, 0.2) is 11.5 Å². The van der Waals surface area contributed by atoms with Crippen LogP contribution >= 0.6 is 0 Å². The highest BCUT2D eigenvalue weighted by molar-refractivity contribution is 5.87. The summed E-state index contributed by atoms with van der Waals surface area (Å²) in [5.74, 6) is 2.88. The lowest BCUT2D eigenvalue weighted by Gasteiger charge is -2.36. The number of hydrogen-bond acceptors (Lipinski definition) is 7. The van der Waals surface area contributed by atoms with Crippen LogP contribution in [0.15, 0.2) is 52.7 Å². The molecule has 1 unspecified atom stereocenters. The molecule has 0 spiro atoms. The van der Waals surface area contributed by atoms with Crippen molar-refractivity contribution in [3.8, 4) is 28.6 Å². The Morgan fingerprint density at radius 1 is 1.06 bits per heavy atom. The highest BCUT2D eigenvalue weighted by Crippen LogP contribution is 2.40. The first-order valence-corrected chi connectivity index (χ1v) is 11.4. The summed E-state index contributed by atoms with van der Waals surface area (Å²) in [6.07, 6.45) is 0. The molecule has 1 aliphatic rings. The minimum Gasteiger partial charge on any atom is -0.497 e. The van der Waals surface area contributed by atoms with E-state index in [1.54, 1.807) is 26.2 Å². The van der Waals surface area contributed by atoms with Gasteiger partial charge in [0.1, 0.15) is 5.75 Å². The number of methoxy groups -OCH3 is 3. The zero-order chi connectivity index (χ0) is 25.1. The van der Waals surface area contributed by atoms with Gasteiger partial charge in [-0.05, 0) is 42.7 Å². The highest BCUT2D eigenvalue weighted by Gasteiger charge is 2.36. The third-order valence-electron chi connectivity index (χ3n) is 5.87. The third-order valence-corrected chi connectivity index (χ3v) is 5.87. The van der Waals surface area contributed by atoms with Crippen LogP contribution in [-0.2, 0) is 0 Å². The number of nitrogens with zero attached hydrogens (tertiary/aromatic N) is 3. The van der Waals surface area contributed by atoms with Gasteiger partial charge in [-0.1, -0.05) is 37.2 Å². The van der Waals surface area contributed by atoms with Crippen LogP contribution in [0.3, 0.4) is 0 Å². The molecule has 184 valence electrons. The monoisotopic (exact) mass is 478 g/mol. The summed E-state index contributed by atoms with van der Waals surface area (Å²) in [6.45, 7) is 6.58. The van der Waals surface area contributed by atoms with Crippen molar-refractivity contribution < 1.29 is 23.5 Å². The number of carbonyl (C=O) groups excluding carboxylic acids is 1. The first-order valence-electron chi connectivity index (χ1n) is 11.4. The van der Waals surface area contributed by atoms with Crippen LogP contribution in [-0.4, -0.2) is 48.9 Å². The van der Waals surface area contributed by atoms with E-state index in [2.05, 4.69) is 24.3 Å². The van der Waals surface area contributed by atoms with E-state index in [1.165, 1.54) is 0 Å². The van der Waals surface area contributed by atoms with Gasteiger partial charge in [0.25, 0.3) is 5.89 Å². The molecule has 1 atom stereocenters. The SMILES string of the molecule is COc1cccc(-c2noc(C3=C(C)N(CC(C)C)C(=O)NC3c3ccc(OC)c(OC)c3)n2)c1. The van der Waals surface area contributed by atoms with Crippen LogP contribution in [0.4, 0.5) is 4.79 Å². The van der Waals surface area contributed by atoms with Crippen molar-refractivity contribution in [2.24, 2.45) is 5.92 Å². The van der Waals surface area contributed by atoms with Crippen molar-refractivity contribution in [1.29, 1.82) is 0 Å². The smallest absolute Gasteiger partial charge is 0.322 e. The topological polar surface area (TPSA) is 99.0 Å². The average molecular weight is 479 g/mol. The van der Waals surface area contributed by atoms with Gasteiger partial charge in [-0.25, -0.2) is 4.79 Å². The summed E-state index contributed by atoms with van der Waals surface area (Å²) in [4.78, 5) is 19.5. The van der Waals surface area contributed by atoms with Crippen LogP contribution in [0.25, 0.3) is 17.0 Å². The number of benzene rings is 2. The molecular formula is C26H30N4O5. The maximum Gasteiger partial charge on any atom is 0.322 e. The number of aromatic nitrogens is 2. The van der Waals surface area contributed by atoms with E-state index >= 15 is 0 Å². The van der Waals surface area contributed by atoms with Crippen LogP contribution in [0, 0.1) is 5.92 Å². The molecule has 3 aromatic rings. The van der Waals surface area contributed by atoms with Crippen molar-refractivity contribution in [2.75, 3.05) is 27.9 Å². The fourth-order valence-corrected chi connectivity index (χ4v) is 4.14. The molecule has 0 fully saturated rings. The Kier molecular flexibility index (Phi) is 6.95. The summed E-state index contributed by atoms with van der Waals surface area (Å²) < 4.78 is 21.9. The molecule has 4 rings (SSSR count). The number of amides is 2. The van der Waals surface area contributed by atoms with E-state index in [1.807, 2.05) is 49.4 Å². The molecule has 0 radical (unpaired) electrons. The van der Waals surface area contributed by atoms with Gasteiger partial charge < -0.3 is 24.1 Å². The van der Waals surface area contributed by atoms with Gasteiger partial charge in [-0.15, -0.1) is 0 Å². The van der Waals surface area contributed by atoms with Crippen molar-refractivity contribution in [3.63, 3.8) is 0 Å². The van der Waals surface area contributed by atoms with Crippen molar-refractivity contribution in [3.05, 3.63) is 59.6 Å². The van der Waals surface area contributed by atoms with Crippen LogP contribution in [0.5, 0.6) is 17.2 Å². The fraction of sp³-hybridized carbons (Fsp3) is 0.346. The first kappa shape index (κ1) is 24.1. The quantitative estimate of drug-likeness (QED) is 0.491. The van der Waals surface area contributed by atoms with Crippen molar-refractivity contribution >= 4 is 11.6 Å². The zero-order valence-corrected chi connectivity index (χ0v) is 20.8. The third kappa shape index (κ3) is 4.80. The van der Waals surface area contributed by atoms with E-state index in [0.717, 1.165) is 22.4 Å². The second kappa shape index (κ2) is 10.1. The average Bonchev–Trinajstić information content (AvgIpc) is 3.35. The summed E-state index contributed by atoms with van der Waals surface area (Å²) in [5, 5.41) is 7.32. The zero-order valence-electron chi connectivity index (χ0n) is 20.8. The Labute approximate surface area is 204 Å². The van der Waals surface area contributed by atoms with Crippen LogP contribution in [0.2, 0.25) is 0 Å². The lowest BCUT2D eigenvalue weighted by molar-refractivity contribution is 0.199. The van der Waals surface area contributed by atoms with E-state index < -0.39 is 6.04 Å². The molecule has 1 aliphatic heterocycles. The van der Waals surface area contributed by atoms with E-state index in [4.69, 9.17) is 23.7 Å². The molecule has 0 aliphatic carbocycles. The second-order valence-electron chi connectivity index (χ2n) is 8.66. The normalized spacial score (nSPS) is 15.9. The Bertz CT molecular complexity index is 1250. The lowest BCUT2D eigenvalue weighted by Crippen LogP contribution is -2.47. The molecule has 35 heavy (non-hydrogen) atoms. The maximum absolute atomic E-state index is 13.1. The van der Waals surface area contributed by atoms with Crippen LogP contribution < -0.4 is 19.5 Å². The summed E-state index contributed by atoms with van der Waals surface area (Å²) in [5.41, 5.74) is 3.04. The number of ether oxygens (including phenoxy) is 3.